The minimum atomic E-state index is -0.00388. The molecule has 0 saturated carbocycles. The molecule has 0 atom stereocenters. The Morgan fingerprint density at radius 1 is 1.12 bits per heavy atom. The van der Waals surface area contributed by atoms with Gasteiger partial charge in [-0.3, -0.25) is 0 Å². The molecule has 4 nitrogen and oxygen atoms in total. The Balaban J connectivity index is 1.85. The van der Waals surface area contributed by atoms with Gasteiger partial charge in [0, 0.05) is 0 Å². The highest BCUT2D eigenvalue weighted by atomic mass is 32.1. The summed E-state index contributed by atoms with van der Waals surface area (Å²) < 4.78 is 11.9. The Hall–Kier alpha value is -2.84. The van der Waals surface area contributed by atoms with E-state index in [1.54, 1.807) is 24.5 Å². The molecule has 25 heavy (non-hydrogen) atoms. The fraction of sp³-hybridized carbons (Fsp3) is 0.200. The number of hydrogen-bond acceptors (Lipinski definition) is 5. The third kappa shape index (κ3) is 3.81. The summed E-state index contributed by atoms with van der Waals surface area (Å²) in [6.45, 7) is 4.22. The standard InChI is InChI=1S/C20H18N2O2S/c1-13-10-16-19(11-14(13)2)25-20(22-16)7-5-15-4-6-17(24-9-8-21)18(12-15)23-3/h4-7,10-12H,9H2,1-3H3/b7-5+. The summed E-state index contributed by atoms with van der Waals surface area (Å²) in [6, 6.07) is 11.9. The number of thiazole rings is 1. The summed E-state index contributed by atoms with van der Waals surface area (Å²) in [5.74, 6) is 1.17. The van der Waals surface area contributed by atoms with Gasteiger partial charge in [0.05, 0.1) is 17.3 Å². The minimum absolute atomic E-state index is 0.00388. The van der Waals surface area contributed by atoms with E-state index in [1.807, 2.05) is 30.4 Å². The number of nitriles is 1. The molecule has 0 unspecified atom stereocenters. The van der Waals surface area contributed by atoms with Crippen molar-refractivity contribution in [2.24, 2.45) is 0 Å². The van der Waals surface area contributed by atoms with E-state index in [-0.39, 0.29) is 6.61 Å². The first-order valence-corrected chi connectivity index (χ1v) is 8.66. The minimum Gasteiger partial charge on any atom is -0.493 e. The Bertz CT molecular complexity index is 944. The lowest BCUT2D eigenvalue weighted by atomic mass is 10.1. The average Bonchev–Trinajstić information content (AvgIpc) is 3.00. The normalized spacial score (nSPS) is 11.0. The second-order valence-corrected chi connectivity index (χ2v) is 6.71. The van der Waals surface area contributed by atoms with Crippen molar-refractivity contribution in [1.82, 2.24) is 4.98 Å². The van der Waals surface area contributed by atoms with Crippen LogP contribution in [0.25, 0.3) is 22.4 Å². The number of benzene rings is 2. The summed E-state index contributed by atoms with van der Waals surface area (Å²) in [6.07, 6.45) is 3.99. The van der Waals surface area contributed by atoms with Crippen LogP contribution in [-0.4, -0.2) is 18.7 Å². The van der Waals surface area contributed by atoms with Gasteiger partial charge in [-0.15, -0.1) is 11.3 Å². The molecular formula is C20H18N2O2S. The van der Waals surface area contributed by atoms with Crippen LogP contribution in [-0.2, 0) is 0 Å². The van der Waals surface area contributed by atoms with Gasteiger partial charge in [0.2, 0.25) is 0 Å². The number of hydrogen-bond donors (Lipinski definition) is 0. The van der Waals surface area contributed by atoms with Gasteiger partial charge in [-0.2, -0.15) is 5.26 Å². The highest BCUT2D eigenvalue weighted by Crippen LogP contribution is 2.30. The molecule has 0 saturated heterocycles. The largest absolute Gasteiger partial charge is 0.493 e. The van der Waals surface area contributed by atoms with Crippen molar-refractivity contribution in [1.29, 1.82) is 5.26 Å². The summed E-state index contributed by atoms with van der Waals surface area (Å²) >= 11 is 1.67. The van der Waals surface area contributed by atoms with Crippen LogP contribution in [0.3, 0.4) is 0 Å². The van der Waals surface area contributed by atoms with Crippen molar-refractivity contribution < 1.29 is 9.47 Å². The Morgan fingerprint density at radius 3 is 2.68 bits per heavy atom. The van der Waals surface area contributed by atoms with Gasteiger partial charge >= 0.3 is 0 Å². The lowest BCUT2D eigenvalue weighted by Crippen LogP contribution is -1.96. The van der Waals surface area contributed by atoms with Crippen LogP contribution in [0.2, 0.25) is 0 Å². The van der Waals surface area contributed by atoms with Crippen molar-refractivity contribution >= 4 is 33.7 Å². The molecular weight excluding hydrogens is 332 g/mol. The molecule has 126 valence electrons. The lowest BCUT2D eigenvalue weighted by molar-refractivity contribution is 0.329. The zero-order valence-corrected chi connectivity index (χ0v) is 15.2. The third-order valence-corrected chi connectivity index (χ3v) is 4.90. The molecule has 2 aromatic carbocycles. The fourth-order valence-corrected chi connectivity index (χ4v) is 3.40. The van der Waals surface area contributed by atoms with E-state index in [2.05, 4.69) is 31.0 Å². The highest BCUT2D eigenvalue weighted by Gasteiger charge is 2.06. The van der Waals surface area contributed by atoms with E-state index < -0.39 is 0 Å². The smallest absolute Gasteiger partial charge is 0.174 e. The topological polar surface area (TPSA) is 55.1 Å². The molecule has 0 spiro atoms. The van der Waals surface area contributed by atoms with Crippen molar-refractivity contribution in [3.8, 4) is 17.6 Å². The number of ether oxygens (including phenoxy) is 2. The molecule has 0 amide bonds. The summed E-state index contributed by atoms with van der Waals surface area (Å²) in [5, 5.41) is 9.58. The van der Waals surface area contributed by atoms with Crippen LogP contribution in [0.5, 0.6) is 11.5 Å². The number of methoxy groups -OCH3 is 1. The Labute approximate surface area is 151 Å². The maximum Gasteiger partial charge on any atom is 0.174 e. The molecule has 5 heteroatoms. The van der Waals surface area contributed by atoms with Gasteiger partial charge in [-0.05, 0) is 60.9 Å². The molecule has 1 heterocycles. The predicted molar refractivity (Wildman–Crippen MR) is 102 cm³/mol. The van der Waals surface area contributed by atoms with E-state index in [9.17, 15) is 0 Å². The van der Waals surface area contributed by atoms with Crippen LogP contribution in [0, 0.1) is 25.2 Å². The molecule has 0 aliphatic heterocycles. The van der Waals surface area contributed by atoms with Gasteiger partial charge in [-0.25, -0.2) is 4.98 Å². The van der Waals surface area contributed by atoms with E-state index in [1.165, 1.54) is 15.8 Å². The number of aryl methyl sites for hydroxylation is 2. The van der Waals surface area contributed by atoms with Gasteiger partial charge in [0.15, 0.2) is 18.1 Å². The van der Waals surface area contributed by atoms with E-state index in [0.29, 0.717) is 11.5 Å². The quantitative estimate of drug-likeness (QED) is 0.650. The maximum atomic E-state index is 8.62. The second kappa shape index (κ2) is 7.37. The van der Waals surface area contributed by atoms with Crippen LogP contribution in [0.4, 0.5) is 0 Å². The monoisotopic (exact) mass is 350 g/mol. The van der Waals surface area contributed by atoms with E-state index in [0.717, 1.165) is 16.1 Å². The molecule has 3 rings (SSSR count). The van der Waals surface area contributed by atoms with Crippen LogP contribution in [0.1, 0.15) is 21.7 Å². The number of fused-ring (bicyclic) bond motifs is 1. The predicted octanol–water partition coefficient (Wildman–Crippen LogP) is 4.99. The number of nitrogens with zero attached hydrogens (tertiary/aromatic N) is 2. The van der Waals surface area contributed by atoms with Gasteiger partial charge < -0.3 is 9.47 Å². The summed E-state index contributed by atoms with van der Waals surface area (Å²) in [7, 11) is 1.58. The van der Waals surface area contributed by atoms with Gasteiger partial charge in [0.1, 0.15) is 11.1 Å². The van der Waals surface area contributed by atoms with Crippen molar-refractivity contribution in [2.75, 3.05) is 13.7 Å². The van der Waals surface area contributed by atoms with Crippen LogP contribution >= 0.6 is 11.3 Å². The van der Waals surface area contributed by atoms with E-state index >= 15 is 0 Å². The summed E-state index contributed by atoms with van der Waals surface area (Å²) in [4.78, 5) is 4.67. The average molecular weight is 350 g/mol. The zero-order valence-electron chi connectivity index (χ0n) is 14.4. The van der Waals surface area contributed by atoms with E-state index in [4.69, 9.17) is 14.7 Å². The first-order valence-electron chi connectivity index (χ1n) is 7.84. The highest BCUT2D eigenvalue weighted by molar-refractivity contribution is 7.19. The Morgan fingerprint density at radius 2 is 1.92 bits per heavy atom. The number of rotatable bonds is 5. The second-order valence-electron chi connectivity index (χ2n) is 5.65. The lowest BCUT2D eigenvalue weighted by Gasteiger charge is -2.08. The molecule has 0 bridgehead atoms. The molecule has 0 fully saturated rings. The molecule has 3 aromatic rings. The van der Waals surface area contributed by atoms with Gasteiger partial charge in [0.25, 0.3) is 0 Å². The molecule has 0 radical (unpaired) electrons. The van der Waals surface area contributed by atoms with Gasteiger partial charge in [-0.1, -0.05) is 12.1 Å². The first kappa shape index (κ1) is 17.0. The maximum absolute atomic E-state index is 8.62. The number of aromatic nitrogens is 1. The van der Waals surface area contributed by atoms with Crippen molar-refractivity contribution in [3.05, 3.63) is 52.0 Å². The van der Waals surface area contributed by atoms with Crippen molar-refractivity contribution in [3.63, 3.8) is 0 Å². The zero-order chi connectivity index (χ0) is 17.8. The first-order chi connectivity index (χ1) is 12.1. The third-order valence-electron chi connectivity index (χ3n) is 3.92. The molecule has 0 aliphatic rings. The molecule has 1 aromatic heterocycles. The SMILES string of the molecule is COc1cc(/C=C/c2nc3cc(C)c(C)cc3s2)ccc1OCC#N. The van der Waals surface area contributed by atoms with Crippen LogP contribution < -0.4 is 9.47 Å². The van der Waals surface area contributed by atoms with Crippen LogP contribution in [0.15, 0.2) is 30.3 Å². The van der Waals surface area contributed by atoms with Crippen molar-refractivity contribution in [2.45, 2.75) is 13.8 Å². The fourth-order valence-electron chi connectivity index (χ4n) is 2.45. The molecule has 0 aliphatic carbocycles. The Kier molecular flexibility index (Phi) is 5.01. The summed E-state index contributed by atoms with van der Waals surface area (Å²) in [5.41, 5.74) is 4.55. The molecule has 0 N–H and O–H groups in total.